The van der Waals surface area contributed by atoms with E-state index in [4.69, 9.17) is 18.6 Å². The number of carbonyl (C=O) groups is 1. The molecule has 0 aromatic heterocycles. The van der Waals surface area contributed by atoms with Crippen LogP contribution in [-0.2, 0) is 9.22 Å². The normalized spacial score (nSPS) is 17.9. The van der Waals surface area contributed by atoms with Gasteiger partial charge in [-0.2, -0.15) is 0 Å². The number of ether oxygens (including phenoxy) is 3. The highest BCUT2D eigenvalue weighted by atomic mass is 28.4. The Kier molecular flexibility index (Phi) is 8.04. The molecule has 3 aromatic rings. The van der Waals surface area contributed by atoms with Gasteiger partial charge in [0.15, 0.2) is 8.32 Å². The molecule has 1 aliphatic carbocycles. The minimum absolute atomic E-state index is 0.0530. The lowest BCUT2D eigenvalue weighted by Crippen LogP contribution is -2.42. The highest BCUT2D eigenvalue weighted by Gasteiger charge is 2.42. The molecule has 0 spiro atoms. The highest BCUT2D eigenvalue weighted by molar-refractivity contribution is 6.74. The summed E-state index contributed by atoms with van der Waals surface area (Å²) in [7, 11) is 1.12. The van der Waals surface area contributed by atoms with Crippen molar-refractivity contribution < 1.29 is 28.5 Å². The predicted octanol–water partition coefficient (Wildman–Crippen LogP) is 8.50. The summed E-state index contributed by atoms with van der Waals surface area (Å²) in [5.41, 5.74) is 2.32. The van der Waals surface area contributed by atoms with E-state index in [1.54, 1.807) is 26.4 Å². The molecule has 1 aliphatic rings. The van der Waals surface area contributed by atoms with E-state index in [2.05, 4.69) is 39.9 Å². The van der Waals surface area contributed by atoms with Gasteiger partial charge in [-0.05, 0) is 87.1 Å². The maximum atomic E-state index is 13.1. The van der Waals surface area contributed by atoms with Crippen molar-refractivity contribution in [2.24, 2.45) is 5.41 Å². The van der Waals surface area contributed by atoms with Crippen LogP contribution in [0, 0.1) is 5.41 Å². The quantitative estimate of drug-likeness (QED) is 0.184. The van der Waals surface area contributed by atoms with Crippen molar-refractivity contribution in [1.29, 1.82) is 0 Å². The van der Waals surface area contributed by atoms with Crippen molar-refractivity contribution in [2.45, 2.75) is 84.5 Å². The Morgan fingerprint density at radius 1 is 0.825 bits per heavy atom. The maximum Gasteiger partial charge on any atom is 0.316 e. The Morgan fingerprint density at radius 3 is 2.02 bits per heavy atom. The molecule has 0 radical (unpaired) electrons. The molecule has 0 fully saturated rings. The van der Waals surface area contributed by atoms with Crippen LogP contribution in [0.2, 0.25) is 18.1 Å². The second kappa shape index (κ2) is 10.7. The first-order valence-electron chi connectivity index (χ1n) is 14.0. The van der Waals surface area contributed by atoms with Crippen molar-refractivity contribution in [1.82, 2.24) is 0 Å². The number of methoxy groups -OCH3 is 2. The highest BCUT2D eigenvalue weighted by Crippen LogP contribution is 2.53. The lowest BCUT2D eigenvalue weighted by atomic mass is 9.75. The Balaban J connectivity index is 1.97. The fourth-order valence-electron chi connectivity index (χ4n) is 5.21. The van der Waals surface area contributed by atoms with E-state index in [0.717, 1.165) is 34.9 Å². The number of benzene rings is 3. The molecule has 7 heteroatoms. The molecule has 3 aromatic carbocycles. The van der Waals surface area contributed by atoms with Gasteiger partial charge in [-0.15, -0.1) is 0 Å². The van der Waals surface area contributed by atoms with Crippen molar-refractivity contribution >= 4 is 25.1 Å². The Labute approximate surface area is 239 Å². The third-order valence-electron chi connectivity index (χ3n) is 8.48. The molecule has 1 N–H and O–H groups in total. The molecule has 1 unspecified atom stereocenters. The summed E-state index contributed by atoms with van der Waals surface area (Å²) in [6, 6.07) is 13.3. The molecule has 216 valence electrons. The first kappa shape index (κ1) is 29.9. The topological polar surface area (TPSA) is 74.2 Å². The smallest absolute Gasteiger partial charge is 0.316 e. The van der Waals surface area contributed by atoms with Crippen molar-refractivity contribution in [2.75, 3.05) is 14.2 Å². The summed E-state index contributed by atoms with van der Waals surface area (Å²) in [6.45, 7) is 16.9. The standard InChI is InChI=1S/C33H44O6Si/c1-32(2,3)31(35)38-27-13-11-12-22-24(39-40(9,10)33(4,5)6)17-15-20(28(22)27)21-14-16-23(34)30-26(37-8)19-18-25(36-7)29(21)30/h11-14,16,18-20,24,34H,15,17H2,1-10H3/t20?,24-/m1/s1. The molecule has 0 saturated heterocycles. The van der Waals surface area contributed by atoms with E-state index < -0.39 is 13.7 Å². The zero-order valence-electron chi connectivity index (χ0n) is 25.6. The van der Waals surface area contributed by atoms with Gasteiger partial charge in [0.1, 0.15) is 23.0 Å². The zero-order chi connectivity index (χ0) is 29.6. The molecule has 0 amide bonds. The summed E-state index contributed by atoms with van der Waals surface area (Å²) >= 11 is 0. The number of hydrogen-bond donors (Lipinski definition) is 1. The SMILES string of the molecule is COc1ccc(OC)c2c(C3CC[C@@H](O[Si](C)(C)C(C)(C)C)c4cccc(OC(=O)C(C)(C)C)c43)ccc(O)c12. The lowest BCUT2D eigenvalue weighted by molar-refractivity contribution is -0.143. The fourth-order valence-corrected chi connectivity index (χ4v) is 6.52. The minimum Gasteiger partial charge on any atom is -0.507 e. The van der Waals surface area contributed by atoms with Gasteiger partial charge >= 0.3 is 5.97 Å². The van der Waals surface area contributed by atoms with E-state index in [-0.39, 0.29) is 28.8 Å². The van der Waals surface area contributed by atoms with E-state index in [1.165, 1.54) is 0 Å². The first-order chi connectivity index (χ1) is 18.6. The lowest BCUT2D eigenvalue weighted by Gasteiger charge is -2.42. The van der Waals surface area contributed by atoms with Gasteiger partial charge in [0.25, 0.3) is 0 Å². The van der Waals surface area contributed by atoms with Crippen LogP contribution in [0.1, 0.15) is 83.1 Å². The number of phenols is 1. The second-order valence-electron chi connectivity index (χ2n) is 13.3. The van der Waals surface area contributed by atoms with Crippen molar-refractivity contribution in [3.63, 3.8) is 0 Å². The molecular formula is C33H44O6Si. The second-order valence-corrected chi connectivity index (χ2v) is 18.0. The monoisotopic (exact) mass is 564 g/mol. The van der Waals surface area contributed by atoms with E-state index in [1.807, 2.05) is 45.0 Å². The summed E-state index contributed by atoms with van der Waals surface area (Å²) in [4.78, 5) is 13.1. The van der Waals surface area contributed by atoms with Gasteiger partial charge in [0.05, 0.1) is 31.1 Å². The van der Waals surface area contributed by atoms with Crippen molar-refractivity contribution in [3.05, 3.63) is 59.2 Å². The van der Waals surface area contributed by atoms with Crippen LogP contribution in [-0.4, -0.2) is 33.6 Å². The number of rotatable bonds is 6. The average molecular weight is 565 g/mol. The summed E-state index contributed by atoms with van der Waals surface area (Å²) in [6.07, 6.45) is 1.48. The third kappa shape index (κ3) is 5.46. The maximum absolute atomic E-state index is 13.1. The predicted molar refractivity (Wildman–Crippen MR) is 162 cm³/mol. The number of carbonyl (C=O) groups excluding carboxylic acids is 1. The van der Waals surface area contributed by atoms with Gasteiger partial charge in [0, 0.05) is 16.9 Å². The van der Waals surface area contributed by atoms with Crippen LogP contribution in [0.3, 0.4) is 0 Å². The van der Waals surface area contributed by atoms with Crippen LogP contribution in [0.25, 0.3) is 10.8 Å². The number of hydrogen-bond acceptors (Lipinski definition) is 6. The first-order valence-corrected chi connectivity index (χ1v) is 16.9. The Bertz CT molecular complexity index is 1410. The summed E-state index contributed by atoms with van der Waals surface area (Å²) < 4.78 is 24.5. The number of phenolic OH excluding ortho intramolecular Hbond substituents is 1. The van der Waals surface area contributed by atoms with Crippen LogP contribution in [0.5, 0.6) is 23.0 Å². The molecule has 0 bridgehead atoms. The van der Waals surface area contributed by atoms with Crippen molar-refractivity contribution in [3.8, 4) is 23.0 Å². The zero-order valence-corrected chi connectivity index (χ0v) is 26.6. The summed E-state index contributed by atoms with van der Waals surface area (Å²) in [5.74, 6) is 1.47. The molecule has 2 atom stereocenters. The number of aromatic hydroxyl groups is 1. The minimum atomic E-state index is -2.10. The largest absolute Gasteiger partial charge is 0.507 e. The number of fused-ring (bicyclic) bond motifs is 2. The van der Waals surface area contributed by atoms with E-state index in [9.17, 15) is 9.90 Å². The molecule has 4 rings (SSSR count). The van der Waals surface area contributed by atoms with Crippen LogP contribution in [0.15, 0.2) is 42.5 Å². The van der Waals surface area contributed by atoms with Crippen LogP contribution in [0.4, 0.5) is 0 Å². The molecular weight excluding hydrogens is 520 g/mol. The molecule has 0 heterocycles. The van der Waals surface area contributed by atoms with E-state index >= 15 is 0 Å². The van der Waals surface area contributed by atoms with Gasteiger partial charge in [0.2, 0.25) is 0 Å². The van der Waals surface area contributed by atoms with Gasteiger partial charge < -0.3 is 23.7 Å². The third-order valence-corrected chi connectivity index (χ3v) is 13.0. The summed E-state index contributed by atoms with van der Waals surface area (Å²) in [5, 5.41) is 12.4. The van der Waals surface area contributed by atoms with E-state index in [0.29, 0.717) is 22.6 Å². The van der Waals surface area contributed by atoms with Gasteiger partial charge in [-0.3, -0.25) is 4.79 Å². The number of esters is 1. The average Bonchev–Trinajstić information content (AvgIpc) is 2.87. The van der Waals surface area contributed by atoms with Gasteiger partial charge in [-0.25, -0.2) is 0 Å². The Hall–Kier alpha value is -3.03. The van der Waals surface area contributed by atoms with Gasteiger partial charge in [-0.1, -0.05) is 39.0 Å². The molecule has 40 heavy (non-hydrogen) atoms. The molecule has 0 saturated carbocycles. The molecule has 0 aliphatic heterocycles. The fraction of sp³-hybridized carbons (Fsp3) is 0.485. The molecule has 6 nitrogen and oxygen atoms in total. The Morgan fingerprint density at radius 2 is 1.45 bits per heavy atom. The van der Waals surface area contributed by atoms with Crippen LogP contribution >= 0.6 is 0 Å². The van der Waals surface area contributed by atoms with Crippen LogP contribution < -0.4 is 14.2 Å².